The molecule has 1 aliphatic rings. The molecule has 0 amide bonds. The summed E-state index contributed by atoms with van der Waals surface area (Å²) >= 11 is 0. The van der Waals surface area contributed by atoms with E-state index in [1.807, 2.05) is 0 Å². The van der Waals surface area contributed by atoms with Gasteiger partial charge >= 0.3 is 0 Å². The molecular weight excluding hydrogens is 168 g/mol. The third kappa shape index (κ3) is 3.01. The lowest BCUT2D eigenvalue weighted by Crippen LogP contribution is -2.12. The van der Waals surface area contributed by atoms with Crippen molar-refractivity contribution in [3.63, 3.8) is 0 Å². The molecule has 0 aromatic heterocycles. The molecule has 0 saturated heterocycles. The standard InChI is InChI=1S/C14H24/c1-5-6-9-13-11-12(2)8-7-10-14(13,3)4/h6,9,11-12H,5,7-8,10H2,1-4H3/b9-6+. The maximum atomic E-state index is 2.47. The quantitative estimate of drug-likeness (QED) is 0.593. The van der Waals surface area contributed by atoms with Gasteiger partial charge in [0.2, 0.25) is 0 Å². The number of allylic oxidation sites excluding steroid dienone is 4. The van der Waals surface area contributed by atoms with Crippen LogP contribution in [0.3, 0.4) is 0 Å². The van der Waals surface area contributed by atoms with Gasteiger partial charge in [0, 0.05) is 0 Å². The highest BCUT2D eigenvalue weighted by Gasteiger charge is 2.24. The SMILES string of the molecule is CC/C=C/C1=CC(C)CCCC1(C)C. The van der Waals surface area contributed by atoms with Gasteiger partial charge < -0.3 is 0 Å². The Hall–Kier alpha value is -0.520. The van der Waals surface area contributed by atoms with E-state index in [1.165, 1.54) is 19.3 Å². The van der Waals surface area contributed by atoms with Crippen molar-refractivity contribution in [2.24, 2.45) is 11.3 Å². The topological polar surface area (TPSA) is 0 Å². The Bertz CT molecular complexity index is 230. The van der Waals surface area contributed by atoms with Crippen molar-refractivity contribution in [3.8, 4) is 0 Å². The van der Waals surface area contributed by atoms with Gasteiger partial charge in [-0.3, -0.25) is 0 Å². The molecule has 0 aromatic rings. The molecule has 80 valence electrons. The highest BCUT2D eigenvalue weighted by atomic mass is 14.3. The Labute approximate surface area is 89.1 Å². The van der Waals surface area contributed by atoms with Crippen molar-refractivity contribution in [3.05, 3.63) is 23.8 Å². The molecule has 1 aliphatic carbocycles. The summed E-state index contributed by atoms with van der Waals surface area (Å²) in [4.78, 5) is 0. The largest absolute Gasteiger partial charge is 0.0845 e. The van der Waals surface area contributed by atoms with Crippen LogP contribution in [0.1, 0.15) is 53.4 Å². The van der Waals surface area contributed by atoms with Gasteiger partial charge in [0.05, 0.1) is 0 Å². The Morgan fingerprint density at radius 2 is 2.21 bits per heavy atom. The summed E-state index contributed by atoms with van der Waals surface area (Å²) in [5.41, 5.74) is 1.93. The van der Waals surface area contributed by atoms with Gasteiger partial charge in [-0.05, 0) is 36.2 Å². The zero-order valence-corrected chi connectivity index (χ0v) is 10.1. The number of hydrogen-bond donors (Lipinski definition) is 0. The van der Waals surface area contributed by atoms with E-state index < -0.39 is 0 Å². The average molecular weight is 192 g/mol. The van der Waals surface area contributed by atoms with Crippen molar-refractivity contribution < 1.29 is 0 Å². The van der Waals surface area contributed by atoms with E-state index in [9.17, 15) is 0 Å². The third-order valence-corrected chi connectivity index (χ3v) is 3.24. The molecule has 14 heavy (non-hydrogen) atoms. The van der Waals surface area contributed by atoms with Gasteiger partial charge in [0.25, 0.3) is 0 Å². The van der Waals surface area contributed by atoms with Gasteiger partial charge in [-0.1, -0.05) is 52.3 Å². The second-order valence-electron chi connectivity index (χ2n) is 5.19. The fraction of sp³-hybridized carbons (Fsp3) is 0.714. The van der Waals surface area contributed by atoms with Gasteiger partial charge in [0.1, 0.15) is 0 Å². The first-order chi connectivity index (χ1) is 6.56. The Morgan fingerprint density at radius 3 is 2.86 bits per heavy atom. The van der Waals surface area contributed by atoms with Crippen molar-refractivity contribution in [1.29, 1.82) is 0 Å². The first kappa shape index (κ1) is 11.6. The van der Waals surface area contributed by atoms with Crippen molar-refractivity contribution in [2.45, 2.75) is 53.4 Å². The fourth-order valence-electron chi connectivity index (χ4n) is 2.15. The van der Waals surface area contributed by atoms with E-state index in [0.29, 0.717) is 5.41 Å². The molecule has 0 heteroatoms. The van der Waals surface area contributed by atoms with E-state index >= 15 is 0 Å². The molecule has 0 N–H and O–H groups in total. The molecule has 1 rings (SSSR count). The van der Waals surface area contributed by atoms with Crippen LogP contribution in [0.4, 0.5) is 0 Å². The zero-order valence-electron chi connectivity index (χ0n) is 10.1. The normalized spacial score (nSPS) is 27.4. The van der Waals surface area contributed by atoms with Gasteiger partial charge in [-0.25, -0.2) is 0 Å². The van der Waals surface area contributed by atoms with Crippen LogP contribution in [-0.2, 0) is 0 Å². The average Bonchev–Trinajstić information content (AvgIpc) is 2.22. The van der Waals surface area contributed by atoms with Crippen molar-refractivity contribution in [1.82, 2.24) is 0 Å². The summed E-state index contributed by atoms with van der Waals surface area (Å²) < 4.78 is 0. The Morgan fingerprint density at radius 1 is 1.50 bits per heavy atom. The lowest BCUT2D eigenvalue weighted by molar-refractivity contribution is 0.403. The predicted octanol–water partition coefficient (Wildman–Crippen LogP) is 4.73. The monoisotopic (exact) mass is 192 g/mol. The second kappa shape index (κ2) is 4.82. The second-order valence-corrected chi connectivity index (χ2v) is 5.19. The minimum Gasteiger partial charge on any atom is -0.0845 e. The first-order valence-corrected chi connectivity index (χ1v) is 5.95. The first-order valence-electron chi connectivity index (χ1n) is 5.95. The van der Waals surface area contributed by atoms with Crippen LogP contribution in [0.2, 0.25) is 0 Å². The van der Waals surface area contributed by atoms with Gasteiger partial charge in [0.15, 0.2) is 0 Å². The third-order valence-electron chi connectivity index (χ3n) is 3.24. The van der Waals surface area contributed by atoms with Gasteiger partial charge in [-0.2, -0.15) is 0 Å². The molecule has 0 spiro atoms. The maximum Gasteiger partial charge on any atom is -0.0107 e. The van der Waals surface area contributed by atoms with Crippen LogP contribution in [0.5, 0.6) is 0 Å². The summed E-state index contributed by atoms with van der Waals surface area (Å²) in [5.74, 6) is 0.758. The molecule has 0 nitrogen and oxygen atoms in total. The molecule has 0 saturated carbocycles. The van der Waals surface area contributed by atoms with E-state index in [1.54, 1.807) is 5.57 Å². The molecular formula is C14H24. The number of rotatable bonds is 2. The fourth-order valence-corrected chi connectivity index (χ4v) is 2.15. The molecule has 0 fully saturated rings. The van der Waals surface area contributed by atoms with Crippen LogP contribution in [0, 0.1) is 11.3 Å². The summed E-state index contributed by atoms with van der Waals surface area (Å²) in [7, 11) is 0. The molecule has 0 bridgehead atoms. The summed E-state index contributed by atoms with van der Waals surface area (Å²) in [6.45, 7) is 9.28. The van der Waals surface area contributed by atoms with Crippen LogP contribution < -0.4 is 0 Å². The van der Waals surface area contributed by atoms with E-state index in [-0.39, 0.29) is 0 Å². The van der Waals surface area contributed by atoms with Crippen LogP contribution in [-0.4, -0.2) is 0 Å². The number of hydrogen-bond acceptors (Lipinski definition) is 0. The lowest BCUT2D eigenvalue weighted by atomic mass is 9.80. The van der Waals surface area contributed by atoms with E-state index in [0.717, 1.165) is 12.3 Å². The lowest BCUT2D eigenvalue weighted by Gasteiger charge is -2.24. The minimum absolute atomic E-state index is 0.385. The highest BCUT2D eigenvalue weighted by molar-refractivity contribution is 5.27. The molecule has 0 aromatic carbocycles. The molecule has 0 heterocycles. The van der Waals surface area contributed by atoms with E-state index in [4.69, 9.17) is 0 Å². The van der Waals surface area contributed by atoms with Crippen molar-refractivity contribution >= 4 is 0 Å². The summed E-state index contributed by atoms with van der Waals surface area (Å²) in [6, 6.07) is 0. The van der Waals surface area contributed by atoms with Crippen LogP contribution in [0.25, 0.3) is 0 Å². The van der Waals surface area contributed by atoms with E-state index in [2.05, 4.69) is 45.9 Å². The minimum atomic E-state index is 0.385. The molecule has 1 atom stereocenters. The van der Waals surface area contributed by atoms with Crippen LogP contribution >= 0.6 is 0 Å². The summed E-state index contributed by atoms with van der Waals surface area (Å²) in [6.07, 6.45) is 12.3. The maximum absolute atomic E-state index is 2.47. The zero-order chi connectivity index (χ0) is 10.6. The Kier molecular flexibility index (Phi) is 3.97. The highest BCUT2D eigenvalue weighted by Crippen LogP contribution is 2.37. The predicted molar refractivity (Wildman–Crippen MR) is 64.3 cm³/mol. The van der Waals surface area contributed by atoms with Gasteiger partial charge in [-0.15, -0.1) is 0 Å². The Balaban J connectivity index is 2.86. The smallest absolute Gasteiger partial charge is 0.0107 e. The molecule has 0 radical (unpaired) electrons. The van der Waals surface area contributed by atoms with Crippen LogP contribution in [0.15, 0.2) is 23.8 Å². The van der Waals surface area contributed by atoms with Crippen molar-refractivity contribution in [2.75, 3.05) is 0 Å². The molecule has 1 unspecified atom stereocenters. The summed E-state index contributed by atoms with van der Waals surface area (Å²) in [5, 5.41) is 0. The molecule has 0 aliphatic heterocycles.